The lowest BCUT2D eigenvalue weighted by Crippen LogP contribution is -2.38. The van der Waals surface area contributed by atoms with E-state index in [9.17, 15) is 9.59 Å². The van der Waals surface area contributed by atoms with Crippen LogP contribution >= 0.6 is 0 Å². The molecule has 0 atom stereocenters. The molecule has 120 valence electrons. The van der Waals surface area contributed by atoms with E-state index in [1.807, 2.05) is 44.2 Å². The van der Waals surface area contributed by atoms with Crippen LogP contribution in [0.15, 0.2) is 42.5 Å². The monoisotopic (exact) mass is 303 g/mol. The van der Waals surface area contributed by atoms with Crippen molar-refractivity contribution in [1.82, 2.24) is 4.90 Å². The van der Waals surface area contributed by atoms with Crippen molar-refractivity contribution >= 4 is 11.9 Å². The molecular formula is C18H25NO3. The van der Waals surface area contributed by atoms with Gasteiger partial charge in [0.2, 0.25) is 0 Å². The Morgan fingerprint density at radius 2 is 1.82 bits per heavy atom. The molecule has 1 aromatic rings. The van der Waals surface area contributed by atoms with Gasteiger partial charge in [-0.15, -0.1) is 0 Å². The Bertz CT molecular complexity index is 535. The van der Waals surface area contributed by atoms with E-state index in [0.717, 1.165) is 11.1 Å². The third-order valence-electron chi connectivity index (χ3n) is 3.53. The zero-order valence-corrected chi connectivity index (χ0v) is 13.9. The van der Waals surface area contributed by atoms with E-state index in [4.69, 9.17) is 4.74 Å². The van der Waals surface area contributed by atoms with Gasteiger partial charge in [0.15, 0.2) is 6.61 Å². The number of benzene rings is 1. The van der Waals surface area contributed by atoms with Crippen molar-refractivity contribution in [2.45, 2.75) is 33.1 Å². The van der Waals surface area contributed by atoms with Gasteiger partial charge in [-0.25, -0.2) is 0 Å². The number of carbonyl (C=O) groups is 2. The van der Waals surface area contributed by atoms with Gasteiger partial charge < -0.3 is 9.64 Å². The number of carbonyl (C=O) groups excluding carboxylic acids is 2. The van der Waals surface area contributed by atoms with Crippen molar-refractivity contribution in [3.05, 3.63) is 48.0 Å². The van der Waals surface area contributed by atoms with Gasteiger partial charge in [-0.1, -0.05) is 42.5 Å². The van der Waals surface area contributed by atoms with Gasteiger partial charge in [0.25, 0.3) is 5.91 Å². The van der Waals surface area contributed by atoms with Crippen molar-refractivity contribution in [3.8, 4) is 0 Å². The first-order valence-electron chi connectivity index (χ1n) is 7.44. The van der Waals surface area contributed by atoms with Crippen LogP contribution < -0.4 is 0 Å². The van der Waals surface area contributed by atoms with Gasteiger partial charge in [-0.05, 0) is 33.3 Å². The molecule has 22 heavy (non-hydrogen) atoms. The summed E-state index contributed by atoms with van der Waals surface area (Å²) in [5, 5.41) is 0. The maximum atomic E-state index is 12.3. The van der Waals surface area contributed by atoms with E-state index in [0.29, 0.717) is 13.1 Å². The largest absolute Gasteiger partial charge is 0.455 e. The summed E-state index contributed by atoms with van der Waals surface area (Å²) in [6, 6.07) is 9.40. The van der Waals surface area contributed by atoms with Crippen molar-refractivity contribution < 1.29 is 14.3 Å². The highest BCUT2D eigenvalue weighted by molar-refractivity contribution is 5.85. The molecule has 0 radical (unpaired) electrons. The molecule has 1 amide bonds. The van der Waals surface area contributed by atoms with Crippen LogP contribution in [0, 0.1) is 0 Å². The summed E-state index contributed by atoms with van der Waals surface area (Å²) in [6.07, 6.45) is 0. The van der Waals surface area contributed by atoms with Gasteiger partial charge in [0.1, 0.15) is 0 Å². The number of rotatable bonds is 7. The number of hydrogen-bond donors (Lipinski definition) is 0. The van der Waals surface area contributed by atoms with Gasteiger partial charge in [0.05, 0.1) is 5.41 Å². The SMILES string of the molecule is C=C(C)CN(CC)C(=O)COC(=O)C(C)(C)c1ccccc1. The predicted octanol–water partition coefficient (Wildman–Crippen LogP) is 2.93. The molecule has 0 fully saturated rings. The van der Waals surface area contributed by atoms with E-state index >= 15 is 0 Å². The van der Waals surface area contributed by atoms with E-state index in [1.54, 1.807) is 18.7 Å². The Hall–Kier alpha value is -2.10. The summed E-state index contributed by atoms with van der Waals surface area (Å²) in [4.78, 5) is 26.0. The summed E-state index contributed by atoms with van der Waals surface area (Å²) in [7, 11) is 0. The third-order valence-corrected chi connectivity index (χ3v) is 3.53. The maximum Gasteiger partial charge on any atom is 0.316 e. The molecule has 0 N–H and O–H groups in total. The first kappa shape index (κ1) is 18.0. The average molecular weight is 303 g/mol. The smallest absolute Gasteiger partial charge is 0.316 e. The van der Waals surface area contributed by atoms with Crippen molar-refractivity contribution in [2.24, 2.45) is 0 Å². The molecule has 0 saturated heterocycles. The fourth-order valence-electron chi connectivity index (χ4n) is 2.07. The van der Waals surface area contributed by atoms with Crippen LogP contribution in [0.3, 0.4) is 0 Å². The minimum absolute atomic E-state index is 0.206. The van der Waals surface area contributed by atoms with E-state index in [2.05, 4.69) is 6.58 Å². The highest BCUT2D eigenvalue weighted by Gasteiger charge is 2.32. The number of likely N-dealkylation sites (N-methyl/N-ethyl adjacent to an activating group) is 1. The summed E-state index contributed by atoms with van der Waals surface area (Å²) in [5.74, 6) is -0.610. The Labute approximate surface area is 132 Å². The highest BCUT2D eigenvalue weighted by Crippen LogP contribution is 2.24. The molecule has 0 heterocycles. The zero-order valence-electron chi connectivity index (χ0n) is 13.9. The standard InChI is InChI=1S/C18H25NO3/c1-6-19(12-14(2)3)16(20)13-22-17(21)18(4,5)15-10-8-7-9-11-15/h7-11H,2,6,12-13H2,1,3-5H3. The number of nitrogens with zero attached hydrogens (tertiary/aromatic N) is 1. The number of hydrogen-bond acceptors (Lipinski definition) is 3. The van der Waals surface area contributed by atoms with Gasteiger partial charge in [0, 0.05) is 13.1 Å². The van der Waals surface area contributed by atoms with Crippen LogP contribution in [0.2, 0.25) is 0 Å². The first-order chi connectivity index (χ1) is 10.3. The molecular weight excluding hydrogens is 278 g/mol. The normalized spacial score (nSPS) is 10.9. The van der Waals surface area contributed by atoms with Gasteiger partial charge in [-0.2, -0.15) is 0 Å². The highest BCUT2D eigenvalue weighted by atomic mass is 16.5. The minimum Gasteiger partial charge on any atom is -0.455 e. The average Bonchev–Trinajstić information content (AvgIpc) is 2.50. The first-order valence-corrected chi connectivity index (χ1v) is 7.44. The lowest BCUT2D eigenvalue weighted by molar-refractivity contribution is -0.156. The molecule has 1 aromatic carbocycles. The topological polar surface area (TPSA) is 46.6 Å². The molecule has 0 aliphatic carbocycles. The summed E-state index contributed by atoms with van der Waals surface area (Å²) in [5.41, 5.74) is 0.973. The molecule has 0 saturated carbocycles. The van der Waals surface area contributed by atoms with Crippen LogP contribution in [0.4, 0.5) is 0 Å². The minimum atomic E-state index is -0.785. The molecule has 0 unspecified atom stereocenters. The quantitative estimate of drug-likeness (QED) is 0.575. The van der Waals surface area contributed by atoms with Gasteiger partial charge >= 0.3 is 5.97 Å². The number of amides is 1. The third kappa shape index (κ3) is 4.72. The van der Waals surface area contributed by atoms with Crippen LogP contribution in [0.1, 0.15) is 33.3 Å². The fraction of sp³-hybridized carbons (Fsp3) is 0.444. The Kier molecular flexibility index (Phi) is 6.35. The van der Waals surface area contributed by atoms with Crippen LogP contribution in [0.5, 0.6) is 0 Å². The van der Waals surface area contributed by atoms with Crippen LogP contribution in [-0.4, -0.2) is 36.5 Å². The van der Waals surface area contributed by atoms with Crippen molar-refractivity contribution in [3.63, 3.8) is 0 Å². The van der Waals surface area contributed by atoms with Gasteiger partial charge in [-0.3, -0.25) is 9.59 Å². The molecule has 4 nitrogen and oxygen atoms in total. The zero-order chi connectivity index (χ0) is 16.8. The predicted molar refractivity (Wildman–Crippen MR) is 87.5 cm³/mol. The summed E-state index contributed by atoms with van der Waals surface area (Å²) < 4.78 is 5.23. The Morgan fingerprint density at radius 3 is 2.32 bits per heavy atom. The lowest BCUT2D eigenvalue weighted by atomic mass is 9.85. The Morgan fingerprint density at radius 1 is 1.23 bits per heavy atom. The van der Waals surface area contributed by atoms with Crippen LogP contribution in [0.25, 0.3) is 0 Å². The molecule has 0 aromatic heterocycles. The number of esters is 1. The molecule has 4 heteroatoms. The Balaban J connectivity index is 2.65. The molecule has 0 aliphatic rings. The summed E-state index contributed by atoms with van der Waals surface area (Å²) in [6.45, 7) is 11.9. The second-order valence-corrected chi connectivity index (χ2v) is 5.93. The van der Waals surface area contributed by atoms with Crippen LogP contribution in [-0.2, 0) is 19.7 Å². The second-order valence-electron chi connectivity index (χ2n) is 5.93. The van der Waals surface area contributed by atoms with E-state index in [1.165, 1.54) is 0 Å². The molecule has 0 aliphatic heterocycles. The summed E-state index contributed by atoms with van der Waals surface area (Å²) >= 11 is 0. The van der Waals surface area contributed by atoms with Crippen molar-refractivity contribution in [1.29, 1.82) is 0 Å². The van der Waals surface area contributed by atoms with E-state index < -0.39 is 11.4 Å². The molecule has 0 bridgehead atoms. The lowest BCUT2D eigenvalue weighted by Gasteiger charge is -2.25. The fourth-order valence-corrected chi connectivity index (χ4v) is 2.07. The van der Waals surface area contributed by atoms with Crippen molar-refractivity contribution in [2.75, 3.05) is 19.7 Å². The maximum absolute atomic E-state index is 12.3. The molecule has 0 spiro atoms. The second kappa shape index (κ2) is 7.78. The number of ether oxygens (including phenoxy) is 1. The van der Waals surface area contributed by atoms with E-state index in [-0.39, 0.29) is 12.5 Å². The molecule has 1 rings (SSSR count).